The predicted octanol–water partition coefficient (Wildman–Crippen LogP) is -0.0233. The molecule has 7 heavy (non-hydrogen) atoms. The topological polar surface area (TPSA) is 32.3 Å². The molecule has 0 amide bonds. The number of hydrogen-bond acceptors (Lipinski definition) is 2. The molecule has 0 saturated heterocycles. The normalized spacial score (nSPS) is 14.1. The second-order valence-electron chi connectivity index (χ2n) is 1.74. The summed E-state index contributed by atoms with van der Waals surface area (Å²) >= 11 is 0. The molecule has 0 aromatic heterocycles. The van der Waals surface area contributed by atoms with Crippen molar-refractivity contribution >= 4 is 0 Å². The first-order chi connectivity index (χ1) is 3.27. The van der Waals surface area contributed by atoms with Gasteiger partial charge in [-0.25, -0.2) is 0 Å². The van der Waals surface area contributed by atoms with E-state index in [9.17, 15) is 0 Å². The van der Waals surface area contributed by atoms with E-state index in [4.69, 9.17) is 5.11 Å². The summed E-state index contributed by atoms with van der Waals surface area (Å²) in [5.74, 6) is 0. The van der Waals surface area contributed by atoms with Gasteiger partial charge in [0.25, 0.3) is 0 Å². The third kappa shape index (κ3) is 5.92. The Kier molecular flexibility index (Phi) is 4.04. The van der Waals surface area contributed by atoms with E-state index in [0.29, 0.717) is 0 Å². The Bertz CT molecular complexity index is 37.1. The van der Waals surface area contributed by atoms with Gasteiger partial charge in [-0.05, 0) is 26.9 Å². The van der Waals surface area contributed by atoms with Crippen LogP contribution >= 0.6 is 0 Å². The first-order valence-corrected chi connectivity index (χ1v) is 2.60. The Morgan fingerprint density at radius 2 is 2.29 bits per heavy atom. The molecule has 44 valence electrons. The van der Waals surface area contributed by atoms with Gasteiger partial charge in [0.1, 0.15) is 0 Å². The Hall–Kier alpha value is -0.0800. The van der Waals surface area contributed by atoms with Gasteiger partial charge < -0.3 is 10.4 Å². The van der Waals surface area contributed by atoms with Crippen LogP contribution in [0.4, 0.5) is 0 Å². The number of aliphatic hydroxyl groups excluding tert-OH is 1. The highest BCUT2D eigenvalue weighted by molar-refractivity contribution is 4.46. The maximum atomic E-state index is 8.64. The summed E-state index contributed by atoms with van der Waals surface area (Å²) in [5.41, 5.74) is 0. The fourth-order valence-electron chi connectivity index (χ4n) is 0.353. The van der Waals surface area contributed by atoms with E-state index in [1.165, 1.54) is 0 Å². The Balaban J connectivity index is 2.68. The Morgan fingerprint density at radius 3 is 2.43 bits per heavy atom. The van der Waals surface area contributed by atoms with Crippen molar-refractivity contribution in [2.24, 2.45) is 0 Å². The van der Waals surface area contributed by atoms with Crippen LogP contribution in [0.1, 0.15) is 13.3 Å². The van der Waals surface area contributed by atoms with Gasteiger partial charge in [0.15, 0.2) is 0 Å². The standard InChI is InChI=1S/C5H13NO/c1-5(7)3-4-6-2/h5-7H,3-4H2,1-2H3/t5-/m1/s1. The van der Waals surface area contributed by atoms with E-state index in [-0.39, 0.29) is 6.10 Å². The van der Waals surface area contributed by atoms with Crippen LogP contribution in [-0.2, 0) is 0 Å². The van der Waals surface area contributed by atoms with Crippen molar-refractivity contribution < 1.29 is 5.11 Å². The molecule has 0 aliphatic rings. The van der Waals surface area contributed by atoms with Crippen LogP contribution < -0.4 is 5.32 Å². The lowest BCUT2D eigenvalue weighted by Gasteiger charge is -1.99. The maximum absolute atomic E-state index is 8.64. The van der Waals surface area contributed by atoms with Crippen molar-refractivity contribution in [3.05, 3.63) is 0 Å². The van der Waals surface area contributed by atoms with Gasteiger partial charge in [0, 0.05) is 0 Å². The van der Waals surface area contributed by atoms with E-state index >= 15 is 0 Å². The van der Waals surface area contributed by atoms with E-state index < -0.39 is 0 Å². The lowest BCUT2D eigenvalue weighted by Crippen LogP contribution is -2.13. The van der Waals surface area contributed by atoms with Gasteiger partial charge in [0.2, 0.25) is 0 Å². The Morgan fingerprint density at radius 1 is 1.71 bits per heavy atom. The molecule has 0 unspecified atom stereocenters. The average Bonchev–Trinajstić information content (AvgIpc) is 1.61. The van der Waals surface area contributed by atoms with Crippen molar-refractivity contribution in [2.45, 2.75) is 19.4 Å². The van der Waals surface area contributed by atoms with Crippen molar-refractivity contribution in [2.75, 3.05) is 13.6 Å². The van der Waals surface area contributed by atoms with E-state index in [1.807, 2.05) is 7.05 Å². The maximum Gasteiger partial charge on any atom is 0.0524 e. The highest BCUT2D eigenvalue weighted by Gasteiger charge is 1.89. The third-order valence-electron chi connectivity index (χ3n) is 0.812. The van der Waals surface area contributed by atoms with E-state index in [0.717, 1.165) is 13.0 Å². The SMILES string of the molecule is CNCC[C@@H](C)O. The minimum absolute atomic E-state index is 0.160. The molecule has 2 heteroatoms. The summed E-state index contributed by atoms with van der Waals surface area (Å²) in [6, 6.07) is 0. The van der Waals surface area contributed by atoms with E-state index in [1.54, 1.807) is 6.92 Å². The monoisotopic (exact) mass is 103 g/mol. The zero-order chi connectivity index (χ0) is 5.70. The fourth-order valence-corrected chi connectivity index (χ4v) is 0.353. The minimum atomic E-state index is -0.160. The van der Waals surface area contributed by atoms with Crippen molar-refractivity contribution in [3.8, 4) is 0 Å². The molecule has 0 heterocycles. The van der Waals surface area contributed by atoms with Crippen LogP contribution in [0, 0.1) is 0 Å². The molecule has 2 nitrogen and oxygen atoms in total. The lowest BCUT2D eigenvalue weighted by atomic mass is 10.3. The summed E-state index contributed by atoms with van der Waals surface area (Å²) in [7, 11) is 1.88. The molecule has 0 aliphatic heterocycles. The Labute approximate surface area is 44.5 Å². The smallest absolute Gasteiger partial charge is 0.0524 e. The molecular weight excluding hydrogens is 90.1 g/mol. The first kappa shape index (κ1) is 6.92. The van der Waals surface area contributed by atoms with Gasteiger partial charge in [-0.2, -0.15) is 0 Å². The molecule has 0 aliphatic carbocycles. The minimum Gasteiger partial charge on any atom is -0.393 e. The number of nitrogens with one attached hydrogen (secondary N) is 1. The number of aliphatic hydroxyl groups is 1. The van der Waals surface area contributed by atoms with Gasteiger partial charge >= 0.3 is 0 Å². The van der Waals surface area contributed by atoms with Crippen molar-refractivity contribution in [3.63, 3.8) is 0 Å². The quantitative estimate of drug-likeness (QED) is 0.526. The summed E-state index contributed by atoms with van der Waals surface area (Å²) in [6.45, 7) is 2.69. The predicted molar refractivity (Wildman–Crippen MR) is 30.2 cm³/mol. The summed E-state index contributed by atoms with van der Waals surface area (Å²) in [5, 5.41) is 11.6. The summed E-state index contributed by atoms with van der Waals surface area (Å²) in [4.78, 5) is 0. The average molecular weight is 103 g/mol. The highest BCUT2D eigenvalue weighted by Crippen LogP contribution is 1.83. The van der Waals surface area contributed by atoms with Gasteiger partial charge in [0.05, 0.1) is 6.10 Å². The second kappa shape index (κ2) is 4.09. The molecule has 0 bridgehead atoms. The van der Waals surface area contributed by atoms with Crippen molar-refractivity contribution in [1.29, 1.82) is 0 Å². The molecule has 0 aromatic rings. The summed E-state index contributed by atoms with van der Waals surface area (Å²) in [6.07, 6.45) is 0.684. The van der Waals surface area contributed by atoms with Crippen LogP contribution in [0.2, 0.25) is 0 Å². The van der Waals surface area contributed by atoms with Gasteiger partial charge in [-0.3, -0.25) is 0 Å². The first-order valence-electron chi connectivity index (χ1n) is 2.60. The zero-order valence-electron chi connectivity index (χ0n) is 4.94. The molecular formula is C5H13NO. The molecule has 0 aromatic carbocycles. The molecule has 0 spiro atoms. The van der Waals surface area contributed by atoms with Crippen LogP contribution in [0.5, 0.6) is 0 Å². The van der Waals surface area contributed by atoms with Crippen LogP contribution in [0.25, 0.3) is 0 Å². The fraction of sp³-hybridized carbons (Fsp3) is 1.00. The number of hydrogen-bond donors (Lipinski definition) is 2. The zero-order valence-corrected chi connectivity index (χ0v) is 4.94. The largest absolute Gasteiger partial charge is 0.393 e. The molecule has 0 fully saturated rings. The number of rotatable bonds is 3. The highest BCUT2D eigenvalue weighted by atomic mass is 16.3. The lowest BCUT2D eigenvalue weighted by molar-refractivity contribution is 0.184. The van der Waals surface area contributed by atoms with Crippen LogP contribution in [-0.4, -0.2) is 24.8 Å². The molecule has 0 radical (unpaired) electrons. The summed E-state index contributed by atoms with van der Waals surface area (Å²) < 4.78 is 0. The molecule has 1 atom stereocenters. The molecule has 2 N–H and O–H groups in total. The van der Waals surface area contributed by atoms with Gasteiger partial charge in [-0.15, -0.1) is 0 Å². The van der Waals surface area contributed by atoms with E-state index in [2.05, 4.69) is 5.32 Å². The van der Waals surface area contributed by atoms with Crippen molar-refractivity contribution in [1.82, 2.24) is 5.32 Å². The van der Waals surface area contributed by atoms with Gasteiger partial charge in [-0.1, -0.05) is 0 Å². The molecule has 0 rings (SSSR count). The van der Waals surface area contributed by atoms with Crippen LogP contribution in [0.15, 0.2) is 0 Å². The third-order valence-corrected chi connectivity index (χ3v) is 0.812. The second-order valence-corrected chi connectivity index (χ2v) is 1.74. The molecule has 0 saturated carbocycles. The van der Waals surface area contributed by atoms with Crippen LogP contribution in [0.3, 0.4) is 0 Å².